The Bertz CT molecular complexity index is 883. The second-order valence-electron chi connectivity index (χ2n) is 7.89. The first-order valence-electron chi connectivity index (χ1n) is 9.83. The summed E-state index contributed by atoms with van der Waals surface area (Å²) in [6.07, 6.45) is 1.52. The van der Waals surface area contributed by atoms with Crippen LogP contribution in [0.1, 0.15) is 22.3 Å². The number of carbonyl (C=O) groups is 2. The van der Waals surface area contributed by atoms with Gasteiger partial charge in [0.05, 0.1) is 5.70 Å². The van der Waals surface area contributed by atoms with Crippen LogP contribution in [-0.2, 0) is 15.5 Å². The summed E-state index contributed by atoms with van der Waals surface area (Å²) in [5.74, 6) is 0.671. The van der Waals surface area contributed by atoms with Crippen LogP contribution in [-0.4, -0.2) is 65.5 Å². The Labute approximate surface area is 171 Å². The average molecular weight is 400 g/mol. The normalized spacial score (nSPS) is 20.1. The summed E-state index contributed by atoms with van der Waals surface area (Å²) < 4.78 is 0. The molecule has 0 amide bonds. The molecule has 3 aliphatic heterocycles. The van der Waals surface area contributed by atoms with Crippen LogP contribution in [0.4, 0.5) is 0 Å². The van der Waals surface area contributed by atoms with E-state index in [4.69, 9.17) is 11.6 Å². The van der Waals surface area contributed by atoms with Gasteiger partial charge in [-0.25, -0.2) is 0 Å². The molecule has 0 radical (unpaired) electrons. The molecule has 1 aromatic carbocycles. The van der Waals surface area contributed by atoms with Crippen LogP contribution in [0.15, 0.2) is 35.3 Å². The summed E-state index contributed by atoms with van der Waals surface area (Å²) in [5.41, 5.74) is 7.08. The maximum absolute atomic E-state index is 12.4. The topological polar surface area (TPSA) is 43.2 Å². The third kappa shape index (κ3) is 3.81. The highest BCUT2D eigenvalue weighted by Crippen LogP contribution is 2.33. The van der Waals surface area contributed by atoms with Crippen LogP contribution in [0, 0.1) is 20.8 Å². The van der Waals surface area contributed by atoms with Crippen molar-refractivity contribution in [2.24, 2.45) is 0 Å². The molecule has 0 unspecified atom stereocenters. The molecule has 0 spiro atoms. The first-order chi connectivity index (χ1) is 13.4. The van der Waals surface area contributed by atoms with Gasteiger partial charge in [0.15, 0.2) is 0 Å². The van der Waals surface area contributed by atoms with Crippen molar-refractivity contribution in [3.8, 4) is 0 Å². The monoisotopic (exact) mass is 399 g/mol. The molecule has 3 fully saturated rings. The van der Waals surface area contributed by atoms with Gasteiger partial charge in [-0.1, -0.05) is 17.7 Å². The summed E-state index contributed by atoms with van der Waals surface area (Å²) in [5, 5.41) is 0. The van der Waals surface area contributed by atoms with Gasteiger partial charge in [0.25, 0.3) is 0 Å². The molecule has 0 aromatic heterocycles. The van der Waals surface area contributed by atoms with Gasteiger partial charge in [0.2, 0.25) is 11.6 Å². The van der Waals surface area contributed by atoms with Gasteiger partial charge in [-0.3, -0.25) is 9.59 Å². The third-order valence-electron chi connectivity index (χ3n) is 5.46. The zero-order chi connectivity index (χ0) is 20.0. The van der Waals surface area contributed by atoms with E-state index in [-0.39, 0.29) is 11.6 Å². The lowest BCUT2D eigenvalue weighted by Crippen LogP contribution is -2.29. The summed E-state index contributed by atoms with van der Waals surface area (Å²) in [7, 11) is 0. The fourth-order valence-corrected chi connectivity index (χ4v) is 4.12. The SMILES string of the molecule is Cc1cc(C)c(CCl)c(C)c1.O=C1C=C(N2CC2)C(=O)C(N2CC2)=C1N1CC1. The molecule has 3 heterocycles. The largest absolute Gasteiger partial charge is 0.365 e. The Morgan fingerprint density at radius 3 is 1.79 bits per heavy atom. The number of carbonyl (C=O) groups excluding carboxylic acids is 2. The van der Waals surface area contributed by atoms with E-state index in [2.05, 4.69) is 32.9 Å². The highest BCUT2D eigenvalue weighted by atomic mass is 35.5. The molecule has 3 saturated heterocycles. The minimum atomic E-state index is 0.00546. The summed E-state index contributed by atoms with van der Waals surface area (Å²) in [4.78, 5) is 30.5. The third-order valence-corrected chi connectivity index (χ3v) is 5.73. The lowest BCUT2D eigenvalue weighted by molar-refractivity contribution is -0.117. The van der Waals surface area contributed by atoms with Gasteiger partial charge >= 0.3 is 0 Å². The number of halogens is 1. The maximum Gasteiger partial charge on any atom is 0.227 e. The lowest BCUT2D eigenvalue weighted by Gasteiger charge is -2.21. The highest BCUT2D eigenvalue weighted by molar-refractivity contribution is 6.22. The van der Waals surface area contributed by atoms with Crippen molar-refractivity contribution in [1.29, 1.82) is 0 Å². The zero-order valence-electron chi connectivity index (χ0n) is 16.7. The highest BCUT2D eigenvalue weighted by Gasteiger charge is 2.43. The zero-order valence-corrected chi connectivity index (χ0v) is 17.5. The Kier molecular flexibility index (Phi) is 4.96. The number of benzene rings is 1. The molecule has 28 heavy (non-hydrogen) atoms. The second kappa shape index (κ2) is 7.28. The Morgan fingerprint density at radius 2 is 1.32 bits per heavy atom. The number of aryl methyl sites for hydroxylation is 3. The van der Waals surface area contributed by atoms with Crippen LogP contribution in [0.2, 0.25) is 0 Å². The van der Waals surface area contributed by atoms with Crippen LogP contribution >= 0.6 is 11.6 Å². The van der Waals surface area contributed by atoms with Gasteiger partial charge in [-0.15, -0.1) is 11.6 Å². The molecule has 0 bridgehead atoms. The van der Waals surface area contributed by atoms with Gasteiger partial charge in [0.1, 0.15) is 11.4 Å². The average Bonchev–Trinajstić information content (AvgIpc) is 3.45. The second-order valence-corrected chi connectivity index (χ2v) is 8.16. The van der Waals surface area contributed by atoms with Gasteiger partial charge < -0.3 is 14.7 Å². The van der Waals surface area contributed by atoms with Crippen molar-refractivity contribution in [2.45, 2.75) is 26.7 Å². The first-order valence-corrected chi connectivity index (χ1v) is 10.4. The minimum absolute atomic E-state index is 0.00546. The van der Waals surface area contributed by atoms with Crippen LogP contribution in [0.3, 0.4) is 0 Å². The fraction of sp³-hybridized carbons (Fsp3) is 0.455. The van der Waals surface area contributed by atoms with Crippen molar-refractivity contribution in [2.75, 3.05) is 39.3 Å². The van der Waals surface area contributed by atoms with Gasteiger partial charge in [-0.2, -0.15) is 0 Å². The Hall–Kier alpha value is -2.27. The lowest BCUT2D eigenvalue weighted by atomic mass is 10.0. The quantitative estimate of drug-likeness (QED) is 0.442. The van der Waals surface area contributed by atoms with Crippen molar-refractivity contribution in [3.63, 3.8) is 0 Å². The number of nitrogens with zero attached hydrogens (tertiary/aromatic N) is 3. The molecular weight excluding hydrogens is 374 g/mol. The fourth-order valence-electron chi connectivity index (χ4n) is 3.70. The number of hydrogen-bond donors (Lipinski definition) is 0. The summed E-state index contributed by atoms with van der Waals surface area (Å²) in [6, 6.07) is 4.34. The number of alkyl halides is 1. The predicted molar refractivity (Wildman–Crippen MR) is 110 cm³/mol. The smallest absolute Gasteiger partial charge is 0.227 e. The van der Waals surface area contributed by atoms with E-state index in [1.54, 1.807) is 0 Å². The molecule has 0 N–H and O–H groups in total. The van der Waals surface area contributed by atoms with E-state index in [1.807, 2.05) is 14.7 Å². The van der Waals surface area contributed by atoms with Crippen LogP contribution in [0.5, 0.6) is 0 Å². The van der Waals surface area contributed by atoms with Crippen molar-refractivity contribution in [1.82, 2.24) is 14.7 Å². The van der Waals surface area contributed by atoms with E-state index in [9.17, 15) is 9.59 Å². The molecule has 5 rings (SSSR count). The number of allylic oxidation sites excluding steroid dienone is 1. The first kappa shape index (κ1) is 19.1. The van der Waals surface area contributed by atoms with E-state index in [0.717, 1.165) is 39.3 Å². The Morgan fingerprint density at radius 1 is 0.821 bits per heavy atom. The summed E-state index contributed by atoms with van der Waals surface area (Å²) >= 11 is 5.79. The maximum atomic E-state index is 12.4. The summed E-state index contributed by atoms with van der Waals surface area (Å²) in [6.45, 7) is 11.7. The van der Waals surface area contributed by atoms with Crippen molar-refractivity contribution in [3.05, 3.63) is 57.6 Å². The van der Waals surface area contributed by atoms with Crippen molar-refractivity contribution >= 4 is 23.2 Å². The molecule has 1 aliphatic carbocycles. The number of ketones is 2. The number of hydrogen-bond acceptors (Lipinski definition) is 5. The molecule has 5 nitrogen and oxygen atoms in total. The van der Waals surface area contributed by atoms with Crippen LogP contribution in [0.25, 0.3) is 0 Å². The van der Waals surface area contributed by atoms with E-state index in [1.165, 1.54) is 28.3 Å². The predicted octanol–water partition coefficient (Wildman–Crippen LogP) is 2.53. The number of Topliss-reactive ketones (excluding diaryl/α,β-unsaturated/α-hetero) is 1. The molecule has 0 atom stereocenters. The molecule has 6 heteroatoms. The molecule has 0 saturated carbocycles. The molecular formula is C22H26ClN3O2. The molecule has 1 aromatic rings. The van der Waals surface area contributed by atoms with E-state index >= 15 is 0 Å². The van der Waals surface area contributed by atoms with E-state index < -0.39 is 0 Å². The molecule has 4 aliphatic rings. The van der Waals surface area contributed by atoms with Gasteiger partial charge in [0, 0.05) is 51.2 Å². The standard InChI is InChI=1S/C12H13N3O2.C10H13Cl/c16-9-7-8(13-1-2-13)12(17)11(15-5-6-15)10(9)14-3-4-14;1-7-4-8(2)10(6-11)9(3)5-7/h7H,1-6H2;4-5H,6H2,1-3H3. The van der Waals surface area contributed by atoms with Crippen LogP contribution < -0.4 is 0 Å². The molecule has 148 valence electrons. The van der Waals surface area contributed by atoms with Crippen molar-refractivity contribution < 1.29 is 9.59 Å². The van der Waals surface area contributed by atoms with E-state index in [0.29, 0.717) is 23.0 Å². The minimum Gasteiger partial charge on any atom is -0.365 e. The van der Waals surface area contributed by atoms with Gasteiger partial charge in [-0.05, 0) is 37.5 Å². The Balaban J connectivity index is 0.000000153. The number of rotatable bonds is 4.